The molecule has 3 nitrogen and oxygen atoms in total. The number of halogens is 2. The van der Waals surface area contributed by atoms with Crippen LogP contribution in [0.5, 0.6) is 0 Å². The molecule has 1 N–H and O–H groups in total. The van der Waals surface area contributed by atoms with Crippen molar-refractivity contribution < 1.29 is 4.39 Å². The summed E-state index contributed by atoms with van der Waals surface area (Å²) in [6.45, 7) is 0.211. The van der Waals surface area contributed by atoms with Gasteiger partial charge in [-0.05, 0) is 18.6 Å². The topological polar surface area (TPSA) is 37.8 Å². The second-order valence-corrected chi connectivity index (χ2v) is 3.96. The van der Waals surface area contributed by atoms with Crippen LogP contribution >= 0.6 is 23.3 Å². The maximum atomic E-state index is 12.0. The van der Waals surface area contributed by atoms with Crippen LogP contribution in [0.1, 0.15) is 6.42 Å². The standard InChI is InChI=1S/C9H9ClFN3S/c10-6-2-3-7-9(14-15-13-7)8(6)12-5-1-4-11/h2-3,12H,1,4-5H2. The van der Waals surface area contributed by atoms with Gasteiger partial charge >= 0.3 is 0 Å². The summed E-state index contributed by atoms with van der Waals surface area (Å²) in [4.78, 5) is 0. The van der Waals surface area contributed by atoms with Crippen LogP contribution in [0.2, 0.25) is 5.02 Å². The first kappa shape index (κ1) is 10.6. The van der Waals surface area contributed by atoms with E-state index in [0.29, 0.717) is 18.0 Å². The van der Waals surface area contributed by atoms with Crippen molar-refractivity contribution in [3.63, 3.8) is 0 Å². The molecule has 2 aromatic rings. The van der Waals surface area contributed by atoms with Crippen LogP contribution in [0.4, 0.5) is 10.1 Å². The fraction of sp³-hybridized carbons (Fsp3) is 0.333. The minimum absolute atomic E-state index is 0.337. The predicted octanol–water partition coefficient (Wildman–Crippen LogP) is 3.12. The molecule has 0 aliphatic heterocycles. The fourth-order valence-corrected chi connectivity index (χ4v) is 2.04. The second kappa shape index (κ2) is 4.72. The first-order chi connectivity index (χ1) is 7.33. The van der Waals surface area contributed by atoms with E-state index >= 15 is 0 Å². The van der Waals surface area contributed by atoms with E-state index in [1.807, 2.05) is 6.07 Å². The van der Waals surface area contributed by atoms with Gasteiger partial charge in [0.25, 0.3) is 0 Å². The fourth-order valence-electron chi connectivity index (χ4n) is 1.28. The number of aromatic nitrogens is 2. The summed E-state index contributed by atoms with van der Waals surface area (Å²) in [5.74, 6) is 0. The summed E-state index contributed by atoms with van der Waals surface area (Å²) in [6.07, 6.45) is 0.463. The molecule has 0 aliphatic rings. The monoisotopic (exact) mass is 245 g/mol. The lowest BCUT2D eigenvalue weighted by Gasteiger charge is -2.07. The molecule has 1 aromatic carbocycles. The van der Waals surface area contributed by atoms with Gasteiger partial charge in [-0.25, -0.2) is 0 Å². The summed E-state index contributed by atoms with van der Waals surface area (Å²) < 4.78 is 20.2. The Morgan fingerprint density at radius 2 is 2.27 bits per heavy atom. The zero-order chi connectivity index (χ0) is 10.7. The Hall–Kier alpha value is -0.940. The molecule has 6 heteroatoms. The quantitative estimate of drug-likeness (QED) is 0.841. The third kappa shape index (κ3) is 2.18. The number of fused-ring (bicyclic) bond motifs is 1. The van der Waals surface area contributed by atoms with Gasteiger partial charge in [-0.1, -0.05) is 11.6 Å². The third-order valence-electron chi connectivity index (χ3n) is 1.99. The average Bonchev–Trinajstić information content (AvgIpc) is 2.69. The van der Waals surface area contributed by atoms with Gasteiger partial charge in [-0.3, -0.25) is 4.39 Å². The largest absolute Gasteiger partial charge is 0.382 e. The highest BCUT2D eigenvalue weighted by atomic mass is 35.5. The lowest BCUT2D eigenvalue weighted by molar-refractivity contribution is 0.481. The first-order valence-corrected chi connectivity index (χ1v) is 5.64. The summed E-state index contributed by atoms with van der Waals surface area (Å²) in [7, 11) is 0. The molecule has 80 valence electrons. The van der Waals surface area contributed by atoms with Crippen LogP contribution in [-0.2, 0) is 0 Å². The highest BCUT2D eigenvalue weighted by Gasteiger charge is 2.08. The Kier molecular flexibility index (Phi) is 3.33. The van der Waals surface area contributed by atoms with E-state index in [-0.39, 0.29) is 6.67 Å². The third-order valence-corrected chi connectivity index (χ3v) is 2.85. The Morgan fingerprint density at radius 1 is 1.40 bits per heavy atom. The number of benzene rings is 1. The molecule has 0 saturated heterocycles. The van der Waals surface area contributed by atoms with E-state index in [2.05, 4.69) is 14.1 Å². The predicted molar refractivity (Wildman–Crippen MR) is 61.5 cm³/mol. The van der Waals surface area contributed by atoms with E-state index in [1.165, 1.54) is 0 Å². The van der Waals surface area contributed by atoms with Crippen LogP contribution in [0.3, 0.4) is 0 Å². The molecule has 1 aromatic heterocycles. The Balaban J connectivity index is 2.30. The highest BCUT2D eigenvalue weighted by Crippen LogP contribution is 2.29. The molecule has 0 radical (unpaired) electrons. The molecule has 0 bridgehead atoms. The van der Waals surface area contributed by atoms with E-state index in [1.54, 1.807) is 6.07 Å². The van der Waals surface area contributed by atoms with Crippen molar-refractivity contribution in [1.82, 2.24) is 8.75 Å². The van der Waals surface area contributed by atoms with Crippen molar-refractivity contribution in [3.05, 3.63) is 17.2 Å². The van der Waals surface area contributed by atoms with Crippen LogP contribution in [0.15, 0.2) is 12.1 Å². The Labute approximate surface area is 95.6 Å². The average molecular weight is 246 g/mol. The molecule has 0 unspecified atom stereocenters. The van der Waals surface area contributed by atoms with Gasteiger partial charge in [0.15, 0.2) is 0 Å². The van der Waals surface area contributed by atoms with Gasteiger partial charge in [-0.2, -0.15) is 8.75 Å². The van der Waals surface area contributed by atoms with Gasteiger partial charge in [-0.15, -0.1) is 0 Å². The van der Waals surface area contributed by atoms with Crippen molar-refractivity contribution in [2.75, 3.05) is 18.5 Å². The van der Waals surface area contributed by atoms with Crippen LogP contribution < -0.4 is 5.32 Å². The minimum atomic E-state index is -0.337. The number of nitrogens with zero attached hydrogens (tertiary/aromatic N) is 2. The van der Waals surface area contributed by atoms with Crippen molar-refractivity contribution in [3.8, 4) is 0 Å². The van der Waals surface area contributed by atoms with Crippen molar-refractivity contribution >= 4 is 40.0 Å². The van der Waals surface area contributed by atoms with Crippen LogP contribution in [0.25, 0.3) is 11.0 Å². The van der Waals surface area contributed by atoms with Crippen molar-refractivity contribution in [2.45, 2.75) is 6.42 Å². The Morgan fingerprint density at radius 3 is 3.07 bits per heavy atom. The van der Waals surface area contributed by atoms with Gasteiger partial charge in [0, 0.05) is 6.54 Å². The molecular formula is C9H9ClFN3S. The maximum absolute atomic E-state index is 12.0. The SMILES string of the molecule is FCCCNc1c(Cl)ccc2nsnc12. The molecule has 1 heterocycles. The lowest BCUT2D eigenvalue weighted by Crippen LogP contribution is -2.03. The molecule has 0 spiro atoms. The lowest BCUT2D eigenvalue weighted by atomic mass is 10.2. The first-order valence-electron chi connectivity index (χ1n) is 4.53. The molecule has 0 amide bonds. The maximum Gasteiger partial charge on any atom is 0.129 e. The molecule has 0 saturated carbocycles. The van der Waals surface area contributed by atoms with E-state index < -0.39 is 0 Å². The Bertz CT molecular complexity index is 460. The number of hydrogen-bond acceptors (Lipinski definition) is 4. The van der Waals surface area contributed by atoms with E-state index in [9.17, 15) is 4.39 Å². The molecule has 0 fully saturated rings. The zero-order valence-corrected chi connectivity index (χ0v) is 9.41. The minimum Gasteiger partial charge on any atom is -0.382 e. The molecule has 15 heavy (non-hydrogen) atoms. The summed E-state index contributed by atoms with van der Waals surface area (Å²) in [5, 5.41) is 3.67. The number of alkyl halides is 1. The molecular weight excluding hydrogens is 237 g/mol. The molecule has 2 rings (SSSR count). The summed E-state index contributed by atoms with van der Waals surface area (Å²) in [6, 6.07) is 3.59. The number of hydrogen-bond donors (Lipinski definition) is 1. The number of rotatable bonds is 4. The number of nitrogens with one attached hydrogen (secondary N) is 1. The summed E-state index contributed by atoms with van der Waals surface area (Å²) >= 11 is 7.16. The number of anilines is 1. The van der Waals surface area contributed by atoms with Gasteiger partial charge in [0.2, 0.25) is 0 Å². The zero-order valence-electron chi connectivity index (χ0n) is 7.83. The normalized spacial score (nSPS) is 10.8. The summed E-state index contributed by atoms with van der Waals surface area (Å²) in [5.41, 5.74) is 2.31. The highest BCUT2D eigenvalue weighted by molar-refractivity contribution is 7.00. The van der Waals surface area contributed by atoms with Gasteiger partial charge < -0.3 is 5.32 Å². The van der Waals surface area contributed by atoms with Crippen molar-refractivity contribution in [1.29, 1.82) is 0 Å². The van der Waals surface area contributed by atoms with Gasteiger partial charge in [0.1, 0.15) is 11.0 Å². The smallest absolute Gasteiger partial charge is 0.129 e. The van der Waals surface area contributed by atoms with E-state index in [4.69, 9.17) is 11.6 Å². The van der Waals surface area contributed by atoms with Gasteiger partial charge in [0.05, 0.1) is 29.1 Å². The van der Waals surface area contributed by atoms with Crippen molar-refractivity contribution in [2.24, 2.45) is 0 Å². The molecule has 0 atom stereocenters. The van der Waals surface area contributed by atoms with E-state index in [0.717, 1.165) is 28.4 Å². The second-order valence-electron chi connectivity index (χ2n) is 3.02. The van der Waals surface area contributed by atoms with Crippen LogP contribution in [-0.4, -0.2) is 22.0 Å². The molecule has 0 aliphatic carbocycles. The van der Waals surface area contributed by atoms with Crippen LogP contribution in [0, 0.1) is 0 Å².